The number of nitrogens with one attached hydrogen (secondary N) is 1. The molecule has 0 bridgehead atoms. The number of amides is 1. The number of thiazole rings is 1. The molecular formula is C25H19ClN4O4S. The first-order valence-electron chi connectivity index (χ1n) is 10.3. The summed E-state index contributed by atoms with van der Waals surface area (Å²) in [6.07, 6.45) is 1.03. The fraction of sp³-hybridized carbons (Fsp3) is 0.120. The van der Waals surface area contributed by atoms with E-state index in [0.29, 0.717) is 16.3 Å². The van der Waals surface area contributed by atoms with E-state index in [-0.39, 0.29) is 26.2 Å². The number of aromatic nitrogens is 1. The fourth-order valence-electron chi connectivity index (χ4n) is 3.87. The van der Waals surface area contributed by atoms with E-state index in [1.54, 1.807) is 42.5 Å². The lowest BCUT2D eigenvalue weighted by Crippen LogP contribution is -2.41. The number of ether oxygens (including phenoxy) is 1. The zero-order valence-corrected chi connectivity index (χ0v) is 20.2. The second kappa shape index (κ2) is 9.62. The third-order valence-corrected chi connectivity index (χ3v) is 6.91. The van der Waals surface area contributed by atoms with Gasteiger partial charge in [-0.25, -0.2) is 4.79 Å². The van der Waals surface area contributed by atoms with Crippen LogP contribution in [-0.4, -0.2) is 23.6 Å². The van der Waals surface area contributed by atoms with Crippen molar-refractivity contribution in [2.45, 2.75) is 12.8 Å². The molecule has 0 saturated carbocycles. The van der Waals surface area contributed by atoms with Crippen LogP contribution in [0.2, 0.25) is 5.02 Å². The van der Waals surface area contributed by atoms with Gasteiger partial charge in [0.25, 0.3) is 11.5 Å². The number of anilines is 1. The second-order valence-corrected chi connectivity index (χ2v) is 9.12. The molecule has 1 atom stereocenters. The highest BCUT2D eigenvalue weighted by molar-refractivity contribution is 7.07. The Bertz CT molecular complexity index is 1630. The Labute approximate surface area is 208 Å². The minimum absolute atomic E-state index is 0.00718. The van der Waals surface area contributed by atoms with Crippen molar-refractivity contribution < 1.29 is 14.3 Å². The summed E-state index contributed by atoms with van der Waals surface area (Å²) < 4.78 is 5.92. The van der Waals surface area contributed by atoms with Gasteiger partial charge in [0.15, 0.2) is 0 Å². The molecule has 176 valence electrons. The third kappa shape index (κ3) is 4.37. The first kappa shape index (κ1) is 24.0. The molecule has 3 N–H and O–H groups in total. The molecule has 1 amide bonds. The van der Waals surface area contributed by atoms with Crippen molar-refractivity contribution in [3.8, 4) is 6.07 Å². The van der Waals surface area contributed by atoms with Crippen LogP contribution in [0.4, 0.5) is 5.69 Å². The van der Waals surface area contributed by atoms with Crippen LogP contribution in [0.3, 0.4) is 0 Å². The lowest BCUT2D eigenvalue weighted by molar-refractivity contribution is -0.133. The molecule has 0 saturated heterocycles. The Kier molecular flexibility index (Phi) is 6.60. The number of fused-ring (bicyclic) bond motifs is 1. The van der Waals surface area contributed by atoms with Gasteiger partial charge in [-0.1, -0.05) is 41.9 Å². The van der Waals surface area contributed by atoms with E-state index >= 15 is 0 Å². The average molecular weight is 507 g/mol. The topological polar surface area (TPSA) is 127 Å². The fourth-order valence-corrected chi connectivity index (χ4v) is 5.25. The summed E-state index contributed by atoms with van der Waals surface area (Å²) in [5.41, 5.74) is 7.71. The summed E-state index contributed by atoms with van der Waals surface area (Å²) >= 11 is 7.39. The number of carbonyl (C=O) groups excluding carboxylic acids is 2. The van der Waals surface area contributed by atoms with Crippen molar-refractivity contribution in [2.75, 3.05) is 12.4 Å². The summed E-state index contributed by atoms with van der Waals surface area (Å²) in [7, 11) is 1.19. The molecule has 0 fully saturated rings. The lowest BCUT2D eigenvalue weighted by atomic mass is 9.83. The van der Waals surface area contributed by atoms with Crippen LogP contribution in [-0.2, 0) is 14.3 Å². The molecule has 0 unspecified atom stereocenters. The van der Waals surface area contributed by atoms with E-state index in [1.807, 2.05) is 13.0 Å². The van der Waals surface area contributed by atoms with Gasteiger partial charge >= 0.3 is 5.97 Å². The normalized spacial score (nSPS) is 15.4. The van der Waals surface area contributed by atoms with E-state index in [2.05, 4.69) is 16.1 Å². The van der Waals surface area contributed by atoms with E-state index < -0.39 is 23.4 Å². The molecule has 1 aliphatic rings. The summed E-state index contributed by atoms with van der Waals surface area (Å²) in [6.45, 7) is 1.89. The molecule has 0 radical (unpaired) electrons. The van der Waals surface area contributed by atoms with Gasteiger partial charge in [-0.2, -0.15) is 5.26 Å². The number of halogens is 1. The Morgan fingerprint density at radius 3 is 2.66 bits per heavy atom. The van der Waals surface area contributed by atoms with Crippen LogP contribution >= 0.6 is 22.9 Å². The van der Waals surface area contributed by atoms with E-state index in [4.69, 9.17) is 17.3 Å². The van der Waals surface area contributed by atoms with Gasteiger partial charge < -0.3 is 15.8 Å². The Morgan fingerprint density at radius 1 is 1.26 bits per heavy atom. The number of hydrogen-bond acceptors (Lipinski definition) is 7. The van der Waals surface area contributed by atoms with Gasteiger partial charge in [0.05, 0.1) is 30.2 Å². The standard InChI is InChI=1S/C25H19ClN4O4S/c1-13-6-5-7-14(10-13)29-23(32)21-20(15-8-3-4-9-17(15)26)16(12-27)22(28)30-24(33)18(35-25(21)30)11-19(31)34-2/h3-11,20H,28H2,1-2H3,(H,29,32)/b18-11-/t20-/m0/s1. The monoisotopic (exact) mass is 506 g/mol. The van der Waals surface area contributed by atoms with Gasteiger partial charge in [-0.15, -0.1) is 11.3 Å². The van der Waals surface area contributed by atoms with Crippen LogP contribution in [0, 0.1) is 18.3 Å². The molecule has 0 aliphatic carbocycles. The predicted molar refractivity (Wildman–Crippen MR) is 135 cm³/mol. The number of methoxy groups -OCH3 is 1. The summed E-state index contributed by atoms with van der Waals surface area (Å²) in [4.78, 5) is 38.7. The molecule has 10 heteroatoms. The highest BCUT2D eigenvalue weighted by Gasteiger charge is 2.36. The van der Waals surface area contributed by atoms with Crippen LogP contribution in [0.5, 0.6) is 0 Å². The zero-order valence-electron chi connectivity index (χ0n) is 18.7. The van der Waals surface area contributed by atoms with Crippen molar-refractivity contribution in [1.82, 2.24) is 4.57 Å². The minimum Gasteiger partial charge on any atom is -0.466 e. The number of esters is 1. The van der Waals surface area contributed by atoms with Gasteiger partial charge in [0, 0.05) is 16.8 Å². The first-order valence-corrected chi connectivity index (χ1v) is 11.5. The third-order valence-electron chi connectivity index (χ3n) is 5.46. The molecule has 8 nitrogen and oxygen atoms in total. The number of aryl methyl sites for hydroxylation is 1. The maximum atomic E-state index is 13.7. The summed E-state index contributed by atoms with van der Waals surface area (Å²) in [5, 5.41) is 13.2. The SMILES string of the molecule is COC(=O)/C=c1\sc2n(c1=O)C(N)=C(C#N)[C@H](c1ccccc1Cl)C=2C(=O)Nc1cccc(C)c1. The van der Waals surface area contributed by atoms with Crippen LogP contribution in [0.1, 0.15) is 17.0 Å². The van der Waals surface area contributed by atoms with Crippen molar-refractivity contribution >= 4 is 58.0 Å². The number of nitriles is 1. The molecule has 3 aromatic rings. The molecule has 4 rings (SSSR count). The Hall–Kier alpha value is -4.13. The minimum atomic E-state index is -0.942. The quantitative estimate of drug-likeness (QED) is 0.521. The van der Waals surface area contributed by atoms with Crippen LogP contribution in [0.15, 0.2) is 58.9 Å². The van der Waals surface area contributed by atoms with E-state index in [9.17, 15) is 19.6 Å². The molecule has 2 heterocycles. The maximum absolute atomic E-state index is 13.7. The largest absolute Gasteiger partial charge is 0.466 e. The summed E-state index contributed by atoms with van der Waals surface area (Å²) in [5.74, 6) is -2.36. The first-order chi connectivity index (χ1) is 16.8. The van der Waals surface area contributed by atoms with Gasteiger partial charge in [0.2, 0.25) is 0 Å². The van der Waals surface area contributed by atoms with Crippen LogP contribution < -0.4 is 25.8 Å². The molecule has 35 heavy (non-hydrogen) atoms. The summed E-state index contributed by atoms with van der Waals surface area (Å²) in [6, 6.07) is 16.1. The van der Waals surface area contributed by atoms with Crippen molar-refractivity contribution in [3.05, 3.63) is 89.8 Å². The molecular weight excluding hydrogens is 488 g/mol. The van der Waals surface area contributed by atoms with E-state index in [0.717, 1.165) is 27.5 Å². The number of carbonyl (C=O) groups is 2. The van der Waals surface area contributed by atoms with Crippen molar-refractivity contribution in [3.63, 3.8) is 0 Å². The number of hydrogen-bond donors (Lipinski definition) is 2. The van der Waals surface area contributed by atoms with E-state index in [1.165, 1.54) is 7.11 Å². The zero-order chi connectivity index (χ0) is 25.3. The number of nitrogens with two attached hydrogens (primary N) is 1. The predicted octanol–water partition coefficient (Wildman–Crippen LogP) is 2.06. The van der Waals surface area contributed by atoms with Gasteiger partial charge in [-0.3, -0.25) is 14.2 Å². The lowest BCUT2D eigenvalue weighted by Gasteiger charge is -2.26. The number of rotatable bonds is 4. The van der Waals surface area contributed by atoms with Crippen molar-refractivity contribution in [2.24, 2.45) is 5.73 Å². The number of benzene rings is 2. The van der Waals surface area contributed by atoms with Crippen LogP contribution in [0.25, 0.3) is 17.5 Å². The molecule has 0 spiro atoms. The molecule has 2 aromatic carbocycles. The Balaban J connectivity index is 2.08. The molecule has 1 aliphatic heterocycles. The molecule has 1 aromatic heterocycles. The average Bonchev–Trinajstić information content (AvgIpc) is 3.14. The number of allylic oxidation sites excluding steroid dienone is 1. The second-order valence-electron chi connectivity index (χ2n) is 7.68. The van der Waals surface area contributed by atoms with Gasteiger partial charge in [-0.05, 0) is 36.2 Å². The van der Waals surface area contributed by atoms with Gasteiger partial charge in [0.1, 0.15) is 15.0 Å². The highest BCUT2D eigenvalue weighted by Crippen LogP contribution is 2.39. The number of nitrogens with zero attached hydrogens (tertiary/aromatic N) is 2. The Morgan fingerprint density at radius 2 is 2.00 bits per heavy atom. The maximum Gasteiger partial charge on any atom is 0.332 e. The highest BCUT2D eigenvalue weighted by atomic mass is 35.5. The van der Waals surface area contributed by atoms with Crippen molar-refractivity contribution in [1.29, 1.82) is 5.26 Å². The smallest absolute Gasteiger partial charge is 0.332 e.